The number of hydrogen-bond acceptors (Lipinski definition) is 16. The van der Waals surface area contributed by atoms with Crippen molar-refractivity contribution in [2.75, 3.05) is 13.2 Å². The quantitative estimate of drug-likeness (QED) is 0.0143. The molecule has 0 aromatic carbocycles. The summed E-state index contributed by atoms with van der Waals surface area (Å²) in [5.41, 5.74) is 0. The van der Waals surface area contributed by atoms with Crippen LogP contribution in [0, 0.1) is 0 Å². The second-order valence-electron chi connectivity index (χ2n) is 28.1. The van der Waals surface area contributed by atoms with E-state index in [-0.39, 0.29) is 32.1 Å². The lowest BCUT2D eigenvalue weighted by Gasteiger charge is -2.45. The van der Waals surface area contributed by atoms with Crippen molar-refractivity contribution < 1.29 is 91.1 Å². The number of carbonyl (C=O) groups is 7. The van der Waals surface area contributed by atoms with E-state index in [1.165, 1.54) is 44.9 Å². The minimum absolute atomic E-state index is 0.123. The van der Waals surface area contributed by atoms with E-state index < -0.39 is 131 Å². The zero-order chi connectivity index (χ0) is 73.0. The number of nitrogens with one attached hydrogen (secondary N) is 2. The van der Waals surface area contributed by atoms with Crippen LogP contribution >= 0.6 is 7.82 Å². The van der Waals surface area contributed by atoms with E-state index in [2.05, 4.69) is 45.3 Å². The molecular formula is C77H143N2O19P. The summed E-state index contributed by atoms with van der Waals surface area (Å²) in [4.78, 5) is 117. The van der Waals surface area contributed by atoms with Gasteiger partial charge in [-0.3, -0.25) is 33.3 Å². The number of phosphoric acid groups is 1. The predicted molar refractivity (Wildman–Crippen MR) is 388 cm³/mol. The first-order chi connectivity index (χ1) is 47.8. The van der Waals surface area contributed by atoms with Gasteiger partial charge in [-0.2, -0.15) is 0 Å². The molecule has 1 fully saturated rings. The molecule has 1 aliphatic rings. The number of aliphatic hydroxyl groups is 1. The highest BCUT2D eigenvalue weighted by Crippen LogP contribution is 2.42. The van der Waals surface area contributed by atoms with Crippen molar-refractivity contribution in [1.29, 1.82) is 0 Å². The summed E-state index contributed by atoms with van der Waals surface area (Å²) in [6.07, 6.45) is 33.5. The second-order valence-corrected chi connectivity index (χ2v) is 29.3. The van der Waals surface area contributed by atoms with Crippen LogP contribution in [-0.2, 0) is 71.1 Å². The lowest BCUT2D eigenvalue weighted by Crippen LogP contribution is -2.66. The summed E-state index contributed by atoms with van der Waals surface area (Å²) in [5.74, 6) is -5.57. The Balaban J connectivity index is 3.81. The third kappa shape index (κ3) is 52.0. The van der Waals surface area contributed by atoms with E-state index >= 15 is 0 Å². The summed E-state index contributed by atoms with van der Waals surface area (Å²) in [7, 11) is -5.56. The number of carboxylic acids is 1. The van der Waals surface area contributed by atoms with Crippen LogP contribution in [0.1, 0.15) is 382 Å². The van der Waals surface area contributed by atoms with Gasteiger partial charge in [-0.1, -0.05) is 286 Å². The van der Waals surface area contributed by atoms with Crippen LogP contribution in [0.2, 0.25) is 0 Å². The number of rotatable bonds is 69. The van der Waals surface area contributed by atoms with Gasteiger partial charge in [0.2, 0.25) is 11.8 Å². The SMILES string of the molecule is CCCCCCCCCCC[C@H](CC(=O)N[C@@H](COC1O[C@H](CO)[C@@H](OP(=O)(O)O)[C@H](OC(=O)C[C@@H](CCCCCCCCCCC)OC(=O)CCCCCCCCC)[C@H]1NC(=O)C[C@@H](CCCCCCCCCCC)OC(=O)CCCCC)C(=O)O)OC(=O)CCCCCCCCC. The molecule has 580 valence electrons. The van der Waals surface area contributed by atoms with Crippen LogP contribution in [0.4, 0.5) is 0 Å². The molecule has 0 aromatic heterocycles. The van der Waals surface area contributed by atoms with Crippen molar-refractivity contribution in [3.8, 4) is 0 Å². The van der Waals surface area contributed by atoms with E-state index in [1.54, 1.807) is 0 Å². The molecule has 1 aliphatic heterocycles. The third-order valence-corrected chi connectivity index (χ3v) is 19.2. The van der Waals surface area contributed by atoms with E-state index in [1.807, 2.05) is 6.92 Å². The number of unbranched alkanes of at least 4 members (excludes halogenated alkanes) is 38. The van der Waals surface area contributed by atoms with Crippen molar-refractivity contribution in [3.63, 3.8) is 0 Å². The molecule has 2 amide bonds. The molecule has 0 spiro atoms. The Morgan fingerprint density at radius 1 is 0.414 bits per heavy atom. The minimum atomic E-state index is -5.56. The Hall–Kier alpha value is -3.72. The van der Waals surface area contributed by atoms with Gasteiger partial charge < -0.3 is 59.1 Å². The lowest BCUT2D eigenvalue weighted by molar-refractivity contribution is -0.272. The van der Waals surface area contributed by atoms with Crippen LogP contribution in [-0.4, -0.2) is 130 Å². The fraction of sp³-hybridized carbons (Fsp3) is 0.909. The van der Waals surface area contributed by atoms with Crippen LogP contribution < -0.4 is 10.6 Å². The van der Waals surface area contributed by atoms with E-state index in [9.17, 15) is 58.1 Å². The number of esters is 4. The molecule has 9 atom stereocenters. The Morgan fingerprint density at radius 3 is 1.07 bits per heavy atom. The topological polar surface area (TPSA) is 306 Å². The molecule has 0 radical (unpaired) electrons. The fourth-order valence-corrected chi connectivity index (χ4v) is 13.4. The first-order valence-corrected chi connectivity index (χ1v) is 41.6. The summed E-state index contributed by atoms with van der Waals surface area (Å²) in [6, 6.07) is -3.59. The van der Waals surface area contributed by atoms with Crippen LogP contribution in [0.3, 0.4) is 0 Å². The Labute approximate surface area is 598 Å². The molecule has 1 rings (SSSR count). The van der Waals surface area contributed by atoms with Crippen molar-refractivity contribution in [3.05, 3.63) is 0 Å². The monoisotopic (exact) mass is 1430 g/mol. The number of ether oxygens (including phenoxy) is 6. The first kappa shape index (κ1) is 93.3. The third-order valence-electron chi connectivity index (χ3n) is 18.7. The number of aliphatic carboxylic acids is 1. The highest BCUT2D eigenvalue weighted by atomic mass is 31.2. The van der Waals surface area contributed by atoms with Gasteiger partial charge in [0.1, 0.15) is 36.6 Å². The van der Waals surface area contributed by atoms with E-state index in [0.29, 0.717) is 51.4 Å². The smallest absolute Gasteiger partial charge is 0.470 e. The normalized spacial score (nSPS) is 17.5. The lowest BCUT2D eigenvalue weighted by atomic mass is 9.95. The average Bonchev–Trinajstić information content (AvgIpc) is 0.781. The fourth-order valence-electron chi connectivity index (χ4n) is 12.8. The molecule has 6 N–H and O–H groups in total. The molecule has 1 heterocycles. The Morgan fingerprint density at radius 2 is 0.727 bits per heavy atom. The molecule has 99 heavy (non-hydrogen) atoms. The predicted octanol–water partition coefficient (Wildman–Crippen LogP) is 17.7. The zero-order valence-electron chi connectivity index (χ0n) is 62.9. The average molecular weight is 1430 g/mol. The standard InChI is InChI=1S/C77H143N2O19P/c1-7-13-19-24-29-32-37-40-46-51-62(93-70(84)55-49-43-35-27-22-16-10-4)57-67(81)78-65(76(87)88)61-92-77-73(79-68(82)58-63(94-69(83)54-45-18-12-6)52-47-41-38-33-30-25-20-14-8-2)75(74(66(60-80)96-77)98-99(89,90)91)97-72(86)59-64(53-48-42-39-34-31-26-21-15-9-3)95-71(85)56-50-44-36-28-23-17-11-5/h62-66,73-75,77,80H,7-61H2,1-6H3,(H,78,81)(H,79,82)(H,87,88)(H2,89,90,91)/t62-,63-,64-,65+,66-,73-,74-,75-,77?/m1/s1. The summed E-state index contributed by atoms with van der Waals surface area (Å²) >= 11 is 0. The second kappa shape index (κ2) is 62.8. The molecule has 0 saturated carbocycles. The summed E-state index contributed by atoms with van der Waals surface area (Å²) < 4.78 is 54.6. The molecule has 21 nitrogen and oxygen atoms in total. The van der Waals surface area contributed by atoms with Crippen LogP contribution in [0.25, 0.3) is 0 Å². The van der Waals surface area contributed by atoms with Gasteiger partial charge in [0.15, 0.2) is 18.4 Å². The molecular weight excluding hydrogens is 1290 g/mol. The Bertz CT molecular complexity index is 2100. The van der Waals surface area contributed by atoms with Gasteiger partial charge in [0.25, 0.3) is 0 Å². The first-order valence-electron chi connectivity index (χ1n) is 40.1. The summed E-state index contributed by atoms with van der Waals surface area (Å²) in [6.45, 7) is 10.9. The van der Waals surface area contributed by atoms with Crippen molar-refractivity contribution in [1.82, 2.24) is 10.6 Å². The van der Waals surface area contributed by atoms with Gasteiger partial charge in [0.05, 0.1) is 32.5 Å². The molecule has 0 aromatic rings. The maximum Gasteiger partial charge on any atom is 0.470 e. The largest absolute Gasteiger partial charge is 0.480 e. The molecule has 0 bridgehead atoms. The van der Waals surface area contributed by atoms with E-state index in [0.717, 1.165) is 199 Å². The molecule has 1 unspecified atom stereocenters. The number of aliphatic hydroxyl groups excluding tert-OH is 1. The maximum atomic E-state index is 14.7. The minimum Gasteiger partial charge on any atom is -0.480 e. The van der Waals surface area contributed by atoms with Crippen LogP contribution in [0.15, 0.2) is 0 Å². The maximum absolute atomic E-state index is 14.7. The van der Waals surface area contributed by atoms with Gasteiger partial charge in [-0.15, -0.1) is 0 Å². The molecule has 22 heteroatoms. The van der Waals surface area contributed by atoms with Gasteiger partial charge in [-0.25, -0.2) is 9.36 Å². The Kier molecular flexibility index (Phi) is 59.2. The number of amides is 2. The van der Waals surface area contributed by atoms with Crippen molar-refractivity contribution in [2.24, 2.45) is 0 Å². The molecule has 1 saturated heterocycles. The number of carboxylic acid groups (broad SMARTS) is 1. The van der Waals surface area contributed by atoms with Gasteiger partial charge >= 0.3 is 37.7 Å². The summed E-state index contributed by atoms with van der Waals surface area (Å²) in [5, 5.41) is 26.8. The van der Waals surface area contributed by atoms with E-state index in [4.69, 9.17) is 32.9 Å². The zero-order valence-corrected chi connectivity index (χ0v) is 63.8. The highest BCUT2D eigenvalue weighted by Gasteiger charge is 2.52. The van der Waals surface area contributed by atoms with Crippen molar-refractivity contribution >= 4 is 49.5 Å². The number of carbonyl (C=O) groups excluding carboxylic acids is 6. The number of phosphoric ester groups is 1. The van der Waals surface area contributed by atoms with Crippen molar-refractivity contribution in [2.45, 2.75) is 437 Å². The number of hydrogen-bond donors (Lipinski definition) is 6. The van der Waals surface area contributed by atoms with Crippen LogP contribution in [0.5, 0.6) is 0 Å². The molecule has 0 aliphatic carbocycles. The highest BCUT2D eigenvalue weighted by molar-refractivity contribution is 7.46. The van der Waals surface area contributed by atoms with Gasteiger partial charge in [0, 0.05) is 19.3 Å². The van der Waals surface area contributed by atoms with Gasteiger partial charge in [-0.05, 0) is 57.8 Å².